The molecule has 4 rings (SSSR count). The summed E-state index contributed by atoms with van der Waals surface area (Å²) in [7, 11) is 1.87. The Balaban J connectivity index is 1.48. The zero-order chi connectivity index (χ0) is 20.5. The molecule has 0 aromatic heterocycles. The standard InChI is InChI=1S/C23H29BrN4O/c1-14(2)21(25-3)23(29)28-10-4-5-20(28)22-26-13-19(27-22)17-7-6-16-12-18(24)9-8-15(16)11-17/h6-9,11-14,20-22,25-27H,4-5,10H2,1-3H3/t20-,21-,22?/m0/s1. The fourth-order valence-electron chi connectivity index (χ4n) is 4.52. The molecular weight excluding hydrogens is 428 g/mol. The van der Waals surface area contributed by atoms with E-state index in [1.165, 1.54) is 10.8 Å². The van der Waals surface area contributed by atoms with Crippen molar-refractivity contribution in [3.05, 3.63) is 52.6 Å². The van der Waals surface area contributed by atoms with Crippen LogP contribution < -0.4 is 16.0 Å². The molecule has 0 bridgehead atoms. The number of likely N-dealkylation sites (tertiary alicyclic amines) is 1. The normalized spacial score (nSPS) is 22.5. The number of hydrogen-bond donors (Lipinski definition) is 3. The number of benzene rings is 2. The van der Waals surface area contributed by atoms with Crippen LogP contribution in [-0.4, -0.2) is 42.6 Å². The predicted octanol–water partition coefficient (Wildman–Crippen LogP) is 3.65. The van der Waals surface area contributed by atoms with Crippen LogP contribution in [0, 0.1) is 5.92 Å². The van der Waals surface area contributed by atoms with E-state index in [0.717, 1.165) is 35.1 Å². The van der Waals surface area contributed by atoms with Gasteiger partial charge in [-0.15, -0.1) is 0 Å². The lowest BCUT2D eigenvalue weighted by molar-refractivity contribution is -0.135. The van der Waals surface area contributed by atoms with Gasteiger partial charge in [0.05, 0.1) is 17.8 Å². The highest BCUT2D eigenvalue weighted by Crippen LogP contribution is 2.28. The van der Waals surface area contributed by atoms with Gasteiger partial charge in [-0.05, 0) is 60.3 Å². The Morgan fingerprint density at radius 3 is 2.72 bits per heavy atom. The highest BCUT2D eigenvalue weighted by atomic mass is 79.9. The van der Waals surface area contributed by atoms with Crippen molar-refractivity contribution in [3.63, 3.8) is 0 Å². The van der Waals surface area contributed by atoms with Gasteiger partial charge >= 0.3 is 0 Å². The highest BCUT2D eigenvalue weighted by Gasteiger charge is 2.39. The zero-order valence-corrected chi connectivity index (χ0v) is 18.8. The summed E-state index contributed by atoms with van der Waals surface area (Å²) in [5.41, 5.74) is 2.23. The number of fused-ring (bicyclic) bond motifs is 1. The smallest absolute Gasteiger partial charge is 0.240 e. The summed E-state index contributed by atoms with van der Waals surface area (Å²) in [5, 5.41) is 12.7. The monoisotopic (exact) mass is 456 g/mol. The maximum atomic E-state index is 13.1. The number of amides is 1. The minimum absolute atomic E-state index is 0.0433. The number of rotatable bonds is 5. The van der Waals surface area contributed by atoms with Crippen molar-refractivity contribution >= 4 is 38.3 Å². The third-order valence-electron chi connectivity index (χ3n) is 6.04. The summed E-state index contributed by atoms with van der Waals surface area (Å²) in [4.78, 5) is 15.2. The molecule has 29 heavy (non-hydrogen) atoms. The molecule has 2 aromatic rings. The maximum Gasteiger partial charge on any atom is 0.240 e. The van der Waals surface area contributed by atoms with Crippen molar-refractivity contribution in [2.24, 2.45) is 5.92 Å². The highest BCUT2D eigenvalue weighted by molar-refractivity contribution is 9.10. The maximum absolute atomic E-state index is 13.1. The molecule has 0 spiro atoms. The van der Waals surface area contributed by atoms with Gasteiger partial charge in [0.15, 0.2) is 0 Å². The van der Waals surface area contributed by atoms with E-state index in [2.05, 4.69) is 87.0 Å². The molecule has 5 nitrogen and oxygen atoms in total. The number of nitrogens with zero attached hydrogens (tertiary/aromatic N) is 1. The zero-order valence-electron chi connectivity index (χ0n) is 17.2. The van der Waals surface area contributed by atoms with Crippen molar-refractivity contribution in [2.45, 2.75) is 44.9 Å². The van der Waals surface area contributed by atoms with Gasteiger partial charge in [-0.25, -0.2) is 0 Å². The summed E-state index contributed by atoms with van der Waals surface area (Å²) in [6.07, 6.45) is 4.15. The summed E-state index contributed by atoms with van der Waals surface area (Å²) in [6.45, 7) is 5.01. The van der Waals surface area contributed by atoms with E-state index in [1.54, 1.807) is 0 Å². The summed E-state index contributed by atoms with van der Waals surface area (Å²) >= 11 is 3.53. The molecule has 1 saturated heterocycles. The summed E-state index contributed by atoms with van der Waals surface area (Å²) in [5.74, 6) is 0.475. The molecule has 2 aromatic carbocycles. The second-order valence-electron chi connectivity index (χ2n) is 8.30. The molecule has 1 amide bonds. The van der Waals surface area contributed by atoms with Crippen molar-refractivity contribution < 1.29 is 4.79 Å². The molecule has 6 heteroatoms. The SMILES string of the molecule is CN[C@H](C(=O)N1CCC[C@H]1C1NC=C(c2ccc3cc(Br)ccc3c2)N1)C(C)C. The Morgan fingerprint density at radius 2 is 1.97 bits per heavy atom. The lowest BCUT2D eigenvalue weighted by Crippen LogP contribution is -2.56. The van der Waals surface area contributed by atoms with Gasteiger partial charge in [0.1, 0.15) is 6.17 Å². The van der Waals surface area contributed by atoms with Gasteiger partial charge in [-0.3, -0.25) is 4.79 Å². The van der Waals surface area contributed by atoms with Crippen molar-refractivity contribution in [1.82, 2.24) is 20.9 Å². The third-order valence-corrected chi connectivity index (χ3v) is 6.54. The Hall–Kier alpha value is -2.05. The molecule has 2 aliphatic rings. The van der Waals surface area contributed by atoms with E-state index >= 15 is 0 Å². The third kappa shape index (κ3) is 4.01. The summed E-state index contributed by atoms with van der Waals surface area (Å²) < 4.78 is 1.09. The second-order valence-corrected chi connectivity index (χ2v) is 9.22. The van der Waals surface area contributed by atoms with E-state index < -0.39 is 0 Å². The number of likely N-dealkylation sites (N-methyl/N-ethyl adjacent to an activating group) is 1. The number of hydrogen-bond acceptors (Lipinski definition) is 4. The van der Waals surface area contributed by atoms with Crippen molar-refractivity contribution in [3.8, 4) is 0 Å². The topological polar surface area (TPSA) is 56.4 Å². The minimum Gasteiger partial charge on any atom is -0.368 e. The first-order chi connectivity index (χ1) is 14.0. The van der Waals surface area contributed by atoms with Crippen LogP contribution >= 0.6 is 15.9 Å². The van der Waals surface area contributed by atoms with Gasteiger partial charge in [0.25, 0.3) is 0 Å². The molecule has 2 aliphatic heterocycles. The molecule has 0 saturated carbocycles. The van der Waals surface area contributed by atoms with Crippen LogP contribution in [0.5, 0.6) is 0 Å². The molecule has 1 unspecified atom stereocenters. The number of carbonyl (C=O) groups excluding carboxylic acids is 1. The Kier molecular flexibility index (Phi) is 5.83. The van der Waals surface area contributed by atoms with Crippen LogP contribution in [0.2, 0.25) is 0 Å². The van der Waals surface area contributed by atoms with Gasteiger partial charge < -0.3 is 20.9 Å². The fraction of sp³-hybridized carbons (Fsp3) is 0.435. The fourth-order valence-corrected chi connectivity index (χ4v) is 4.89. The minimum atomic E-state index is -0.135. The van der Waals surface area contributed by atoms with Crippen LogP contribution in [-0.2, 0) is 4.79 Å². The molecule has 3 atom stereocenters. The number of nitrogens with one attached hydrogen (secondary N) is 3. The Morgan fingerprint density at radius 1 is 1.21 bits per heavy atom. The average molecular weight is 457 g/mol. The second kappa shape index (κ2) is 8.36. The summed E-state index contributed by atoms with van der Waals surface area (Å²) in [6, 6.07) is 12.8. The van der Waals surface area contributed by atoms with Gasteiger partial charge in [-0.2, -0.15) is 0 Å². The molecule has 1 fully saturated rings. The number of halogens is 1. The van der Waals surface area contributed by atoms with Crippen LogP contribution in [0.25, 0.3) is 16.5 Å². The molecule has 2 heterocycles. The van der Waals surface area contributed by atoms with Crippen LogP contribution in [0.1, 0.15) is 32.3 Å². The van der Waals surface area contributed by atoms with E-state index in [0.29, 0.717) is 0 Å². The molecule has 0 aliphatic carbocycles. The van der Waals surface area contributed by atoms with Crippen LogP contribution in [0.15, 0.2) is 47.1 Å². The lowest BCUT2D eigenvalue weighted by Gasteiger charge is -2.34. The Labute approximate surface area is 181 Å². The first kappa shape index (κ1) is 20.2. The van der Waals surface area contributed by atoms with Gasteiger partial charge in [0.2, 0.25) is 5.91 Å². The lowest BCUT2D eigenvalue weighted by atomic mass is 10.0. The van der Waals surface area contributed by atoms with Crippen molar-refractivity contribution in [1.29, 1.82) is 0 Å². The van der Waals surface area contributed by atoms with Gasteiger partial charge in [0, 0.05) is 17.2 Å². The van der Waals surface area contributed by atoms with E-state index in [-0.39, 0.29) is 30.1 Å². The predicted molar refractivity (Wildman–Crippen MR) is 122 cm³/mol. The van der Waals surface area contributed by atoms with Crippen molar-refractivity contribution in [2.75, 3.05) is 13.6 Å². The molecule has 0 radical (unpaired) electrons. The van der Waals surface area contributed by atoms with E-state index in [1.807, 2.05) is 13.2 Å². The number of carbonyl (C=O) groups is 1. The van der Waals surface area contributed by atoms with Gasteiger partial charge in [-0.1, -0.05) is 48.0 Å². The largest absolute Gasteiger partial charge is 0.368 e. The Bertz CT molecular complexity index is 942. The van der Waals surface area contributed by atoms with Crippen LogP contribution in [0.4, 0.5) is 0 Å². The van der Waals surface area contributed by atoms with Crippen LogP contribution in [0.3, 0.4) is 0 Å². The molecular formula is C23H29BrN4O. The quantitative estimate of drug-likeness (QED) is 0.642. The van der Waals surface area contributed by atoms with E-state index in [4.69, 9.17) is 0 Å². The average Bonchev–Trinajstić information content (AvgIpc) is 3.37. The molecule has 3 N–H and O–H groups in total. The first-order valence-corrected chi connectivity index (χ1v) is 11.2. The van der Waals surface area contributed by atoms with E-state index in [9.17, 15) is 4.79 Å². The molecule has 154 valence electrons. The first-order valence-electron chi connectivity index (χ1n) is 10.4.